The number of ether oxygens (including phenoxy) is 1. The minimum atomic E-state index is -0.676. The van der Waals surface area contributed by atoms with Gasteiger partial charge in [-0.25, -0.2) is 0 Å². The molecule has 0 aromatic heterocycles. The second-order valence-corrected chi connectivity index (χ2v) is 10.1. The van der Waals surface area contributed by atoms with Crippen LogP contribution < -0.4 is 4.74 Å². The van der Waals surface area contributed by atoms with E-state index in [1.54, 1.807) is 17.0 Å². The Hall–Kier alpha value is -3.12. The van der Waals surface area contributed by atoms with Crippen LogP contribution in [-0.4, -0.2) is 59.9 Å². The Morgan fingerprint density at radius 3 is 2.23 bits per heavy atom. The topological polar surface area (TPSA) is 70.1 Å². The highest BCUT2D eigenvalue weighted by molar-refractivity contribution is 6.46. The second kappa shape index (κ2) is 10.6. The van der Waals surface area contributed by atoms with Crippen LogP contribution in [0.5, 0.6) is 5.75 Å². The van der Waals surface area contributed by atoms with E-state index >= 15 is 0 Å². The van der Waals surface area contributed by atoms with Gasteiger partial charge in [0.25, 0.3) is 11.7 Å². The van der Waals surface area contributed by atoms with Gasteiger partial charge in [-0.1, -0.05) is 70.5 Å². The van der Waals surface area contributed by atoms with Crippen LogP contribution in [0.4, 0.5) is 0 Å². The number of aliphatic hydroxyl groups is 1. The molecule has 6 heteroatoms. The number of rotatable bonds is 8. The zero-order chi connectivity index (χ0) is 25.9. The number of carbonyl (C=O) groups excluding carboxylic acids is 2. The predicted molar refractivity (Wildman–Crippen MR) is 140 cm³/mol. The molecular formula is C29H38N2O4. The zero-order valence-corrected chi connectivity index (χ0v) is 22.0. The first-order chi connectivity index (χ1) is 16.5. The lowest BCUT2D eigenvalue weighted by molar-refractivity contribution is -0.140. The average molecular weight is 479 g/mol. The number of hydrogen-bond acceptors (Lipinski definition) is 5. The van der Waals surface area contributed by atoms with Gasteiger partial charge in [0.15, 0.2) is 0 Å². The fourth-order valence-electron chi connectivity index (χ4n) is 4.56. The van der Waals surface area contributed by atoms with E-state index in [1.807, 2.05) is 37.3 Å². The Morgan fingerprint density at radius 2 is 1.69 bits per heavy atom. The monoisotopic (exact) mass is 478 g/mol. The number of hydrogen-bond donors (Lipinski definition) is 1. The number of benzene rings is 2. The van der Waals surface area contributed by atoms with Crippen LogP contribution in [0.2, 0.25) is 0 Å². The third kappa shape index (κ3) is 5.43. The number of carbonyl (C=O) groups is 2. The average Bonchev–Trinajstić information content (AvgIpc) is 3.08. The lowest BCUT2D eigenvalue weighted by atomic mass is 9.85. The SMILES string of the molecule is CCN(CC)CCN1C(=O)C(=O)/C(=C(/O)c2cc(C)ccc2OC)C1c1ccc(C(C)(C)C)cc1. The maximum Gasteiger partial charge on any atom is 0.295 e. The summed E-state index contributed by atoms with van der Waals surface area (Å²) >= 11 is 0. The first kappa shape index (κ1) is 26.5. The molecule has 1 unspecified atom stereocenters. The largest absolute Gasteiger partial charge is 0.507 e. The van der Waals surface area contributed by atoms with E-state index in [-0.39, 0.29) is 16.7 Å². The molecule has 0 aliphatic carbocycles. The summed E-state index contributed by atoms with van der Waals surface area (Å²) in [4.78, 5) is 30.4. The van der Waals surface area contributed by atoms with Gasteiger partial charge in [0, 0.05) is 13.1 Å². The van der Waals surface area contributed by atoms with Crippen LogP contribution in [0.1, 0.15) is 62.9 Å². The van der Waals surface area contributed by atoms with Crippen molar-refractivity contribution in [1.82, 2.24) is 9.80 Å². The number of likely N-dealkylation sites (tertiary alicyclic amines) is 1. The van der Waals surface area contributed by atoms with Crippen LogP contribution in [0.25, 0.3) is 5.76 Å². The smallest absolute Gasteiger partial charge is 0.295 e. The van der Waals surface area contributed by atoms with E-state index in [0.717, 1.165) is 29.8 Å². The number of aliphatic hydroxyl groups excluding tert-OH is 1. The summed E-state index contributed by atoms with van der Waals surface area (Å²) in [6.07, 6.45) is 0. The van der Waals surface area contributed by atoms with Crippen LogP contribution in [-0.2, 0) is 15.0 Å². The highest BCUT2D eigenvalue weighted by Crippen LogP contribution is 2.41. The van der Waals surface area contributed by atoms with Crippen molar-refractivity contribution in [3.8, 4) is 5.75 Å². The Bertz CT molecular complexity index is 1110. The number of Topliss-reactive ketones (excluding diaryl/α,β-unsaturated/α-hetero) is 1. The quantitative estimate of drug-likeness (QED) is 0.326. The molecule has 1 saturated heterocycles. The summed E-state index contributed by atoms with van der Waals surface area (Å²) in [7, 11) is 1.52. The van der Waals surface area contributed by atoms with Gasteiger partial charge >= 0.3 is 0 Å². The molecule has 0 spiro atoms. The summed E-state index contributed by atoms with van der Waals surface area (Å²) < 4.78 is 5.46. The second-order valence-electron chi connectivity index (χ2n) is 10.1. The Kier molecular flexibility index (Phi) is 8.06. The van der Waals surface area contributed by atoms with Gasteiger partial charge in [0.2, 0.25) is 0 Å². The fraction of sp³-hybridized carbons (Fsp3) is 0.448. The van der Waals surface area contributed by atoms with E-state index < -0.39 is 17.7 Å². The van der Waals surface area contributed by atoms with Crippen molar-refractivity contribution in [1.29, 1.82) is 0 Å². The van der Waals surface area contributed by atoms with Gasteiger partial charge in [-0.05, 0) is 48.7 Å². The molecule has 188 valence electrons. The molecule has 2 aromatic carbocycles. The van der Waals surface area contributed by atoms with Crippen LogP contribution in [0, 0.1) is 6.92 Å². The van der Waals surface area contributed by atoms with Gasteiger partial charge in [-0.3, -0.25) is 9.59 Å². The molecule has 1 N–H and O–H groups in total. The minimum Gasteiger partial charge on any atom is -0.507 e. The minimum absolute atomic E-state index is 0.0297. The summed E-state index contributed by atoms with van der Waals surface area (Å²) in [5.41, 5.74) is 3.34. The first-order valence-corrected chi connectivity index (χ1v) is 12.3. The van der Waals surface area contributed by atoms with E-state index in [2.05, 4.69) is 39.5 Å². The number of aryl methyl sites for hydroxylation is 1. The standard InChI is InChI=1S/C29H38N2O4/c1-8-30(9-2)16-17-31-25(20-11-13-21(14-12-20)29(4,5)6)24(27(33)28(31)34)26(32)22-18-19(3)10-15-23(22)35-7/h10-15,18,25,32H,8-9,16-17H2,1-7H3/b26-24+. The molecule has 1 atom stereocenters. The van der Waals surface area contributed by atoms with Gasteiger partial charge in [-0.2, -0.15) is 0 Å². The molecule has 2 aromatic rings. The van der Waals surface area contributed by atoms with Gasteiger partial charge in [0.05, 0.1) is 24.3 Å². The normalized spacial score (nSPS) is 17.9. The number of methoxy groups -OCH3 is 1. The summed E-state index contributed by atoms with van der Waals surface area (Å²) in [5.74, 6) is -1.02. The van der Waals surface area contributed by atoms with Gasteiger partial charge in [-0.15, -0.1) is 0 Å². The lowest BCUT2D eigenvalue weighted by Gasteiger charge is -2.29. The molecule has 3 rings (SSSR count). The van der Waals surface area contributed by atoms with E-state index in [1.165, 1.54) is 7.11 Å². The van der Waals surface area contributed by atoms with Gasteiger partial charge in [0.1, 0.15) is 11.5 Å². The van der Waals surface area contributed by atoms with Crippen LogP contribution >= 0.6 is 0 Å². The highest BCUT2D eigenvalue weighted by atomic mass is 16.5. The van der Waals surface area contributed by atoms with Gasteiger partial charge < -0.3 is 19.6 Å². The Balaban J connectivity index is 2.17. The molecule has 1 aliphatic heterocycles. The molecule has 0 saturated carbocycles. The fourth-order valence-corrected chi connectivity index (χ4v) is 4.56. The predicted octanol–water partition coefficient (Wildman–Crippen LogP) is 5.06. The van der Waals surface area contributed by atoms with Crippen molar-refractivity contribution in [2.75, 3.05) is 33.3 Å². The molecule has 1 fully saturated rings. The van der Waals surface area contributed by atoms with Crippen molar-refractivity contribution >= 4 is 17.4 Å². The van der Waals surface area contributed by atoms with E-state index in [0.29, 0.717) is 24.4 Å². The van der Waals surface area contributed by atoms with Crippen LogP contribution in [0.3, 0.4) is 0 Å². The lowest BCUT2D eigenvalue weighted by Crippen LogP contribution is -2.38. The maximum absolute atomic E-state index is 13.3. The summed E-state index contributed by atoms with van der Waals surface area (Å²) in [6, 6.07) is 12.7. The Morgan fingerprint density at radius 1 is 1.06 bits per heavy atom. The van der Waals surface area contributed by atoms with Crippen molar-refractivity contribution in [2.24, 2.45) is 0 Å². The molecular weight excluding hydrogens is 440 g/mol. The zero-order valence-electron chi connectivity index (χ0n) is 22.0. The number of ketones is 1. The summed E-state index contributed by atoms with van der Waals surface area (Å²) in [5, 5.41) is 11.4. The molecule has 6 nitrogen and oxygen atoms in total. The molecule has 35 heavy (non-hydrogen) atoms. The van der Waals surface area contributed by atoms with Crippen molar-refractivity contribution in [3.63, 3.8) is 0 Å². The third-order valence-electron chi connectivity index (χ3n) is 6.79. The van der Waals surface area contributed by atoms with Crippen molar-refractivity contribution in [2.45, 2.75) is 53.0 Å². The molecule has 1 heterocycles. The number of amides is 1. The number of nitrogens with zero attached hydrogens (tertiary/aromatic N) is 2. The Labute approximate surface area is 209 Å². The first-order valence-electron chi connectivity index (χ1n) is 12.3. The molecule has 1 aliphatic rings. The molecule has 0 radical (unpaired) electrons. The molecule has 1 amide bonds. The highest BCUT2D eigenvalue weighted by Gasteiger charge is 2.46. The maximum atomic E-state index is 13.3. The van der Waals surface area contributed by atoms with Crippen molar-refractivity contribution < 1.29 is 19.4 Å². The number of likely N-dealkylation sites (N-methyl/N-ethyl adjacent to an activating group) is 1. The third-order valence-corrected chi connectivity index (χ3v) is 6.79. The van der Waals surface area contributed by atoms with E-state index in [4.69, 9.17) is 4.74 Å². The summed E-state index contributed by atoms with van der Waals surface area (Å²) in [6.45, 7) is 15.2. The van der Waals surface area contributed by atoms with Crippen molar-refractivity contribution in [3.05, 3.63) is 70.3 Å². The molecule has 0 bridgehead atoms. The van der Waals surface area contributed by atoms with Crippen LogP contribution in [0.15, 0.2) is 48.0 Å². The van der Waals surface area contributed by atoms with E-state index in [9.17, 15) is 14.7 Å².